The molecule has 0 spiro atoms. The monoisotopic (exact) mass is 506 g/mol. The fourth-order valence-corrected chi connectivity index (χ4v) is 4.80. The molecule has 10 heteroatoms. The molecule has 2 aromatic rings. The Bertz CT molecular complexity index is 1170. The van der Waals surface area contributed by atoms with Gasteiger partial charge in [-0.25, -0.2) is 4.98 Å². The summed E-state index contributed by atoms with van der Waals surface area (Å²) in [5.41, 5.74) is 2.32. The Morgan fingerprint density at radius 2 is 1.86 bits per heavy atom. The summed E-state index contributed by atoms with van der Waals surface area (Å²) < 4.78 is 0. The number of hydrogen-bond donors (Lipinski definition) is 2. The number of carbonyl (C=O) groups is 1. The molecular weight excluding hydrogens is 476 g/mol. The zero-order chi connectivity index (χ0) is 25.1. The van der Waals surface area contributed by atoms with Crippen molar-refractivity contribution in [2.24, 2.45) is 5.92 Å². The number of nitrogens with one attached hydrogen (secondary N) is 2. The number of nitrogens with zero attached hydrogens (tertiary/aromatic N) is 6. The summed E-state index contributed by atoms with van der Waals surface area (Å²) in [7, 11) is 2.15. The molecular formula is C26H31ClN8O. The van der Waals surface area contributed by atoms with Crippen molar-refractivity contribution in [3.05, 3.63) is 47.1 Å². The van der Waals surface area contributed by atoms with E-state index in [1.54, 1.807) is 12.3 Å². The van der Waals surface area contributed by atoms with Crippen LogP contribution in [0.2, 0.25) is 5.02 Å². The van der Waals surface area contributed by atoms with E-state index in [4.69, 9.17) is 11.6 Å². The van der Waals surface area contributed by atoms with E-state index >= 15 is 0 Å². The van der Waals surface area contributed by atoms with E-state index in [0.717, 1.165) is 51.1 Å². The third-order valence-corrected chi connectivity index (χ3v) is 7.20. The largest absolute Gasteiger partial charge is 0.369 e. The van der Waals surface area contributed by atoms with Crippen molar-refractivity contribution in [2.45, 2.75) is 25.3 Å². The predicted octanol–water partition coefficient (Wildman–Crippen LogP) is 3.18. The van der Waals surface area contributed by atoms with Gasteiger partial charge in [0.25, 0.3) is 5.91 Å². The normalized spacial score (nSPS) is 20.8. The van der Waals surface area contributed by atoms with E-state index in [9.17, 15) is 10.1 Å². The predicted molar refractivity (Wildman–Crippen MR) is 142 cm³/mol. The van der Waals surface area contributed by atoms with Gasteiger partial charge in [-0.1, -0.05) is 17.7 Å². The van der Waals surface area contributed by atoms with Crippen LogP contribution in [0.4, 0.5) is 23.1 Å². The molecule has 3 fully saturated rings. The number of carbonyl (C=O) groups excluding carboxylic acids is 1. The average Bonchev–Trinajstić information content (AvgIpc) is 3.60. The molecule has 1 aliphatic carbocycles. The van der Waals surface area contributed by atoms with Crippen molar-refractivity contribution in [1.29, 1.82) is 5.26 Å². The summed E-state index contributed by atoms with van der Waals surface area (Å²) in [5, 5.41) is 16.0. The summed E-state index contributed by atoms with van der Waals surface area (Å²) in [6.07, 6.45) is 6.25. The van der Waals surface area contributed by atoms with Gasteiger partial charge in [-0.3, -0.25) is 4.79 Å². The van der Waals surface area contributed by atoms with Crippen LogP contribution in [0.1, 0.15) is 19.3 Å². The van der Waals surface area contributed by atoms with E-state index in [2.05, 4.69) is 49.6 Å². The van der Waals surface area contributed by atoms with Gasteiger partial charge < -0.3 is 25.3 Å². The van der Waals surface area contributed by atoms with Gasteiger partial charge in [0.1, 0.15) is 16.7 Å². The molecule has 2 saturated heterocycles. The van der Waals surface area contributed by atoms with Crippen molar-refractivity contribution in [1.82, 2.24) is 20.2 Å². The molecule has 1 atom stereocenters. The molecule has 3 heterocycles. The lowest BCUT2D eigenvalue weighted by Crippen LogP contribution is -2.44. The maximum atomic E-state index is 12.5. The van der Waals surface area contributed by atoms with Crippen molar-refractivity contribution in [3.63, 3.8) is 0 Å². The zero-order valence-corrected chi connectivity index (χ0v) is 21.2. The molecule has 2 N–H and O–H groups in total. The van der Waals surface area contributed by atoms with Gasteiger partial charge in [-0.2, -0.15) is 10.2 Å². The van der Waals surface area contributed by atoms with Crippen LogP contribution in [0.15, 0.2) is 42.1 Å². The van der Waals surface area contributed by atoms with Crippen LogP contribution in [0, 0.1) is 17.2 Å². The number of hydrogen-bond acceptors (Lipinski definition) is 8. The van der Waals surface area contributed by atoms with Gasteiger partial charge >= 0.3 is 0 Å². The van der Waals surface area contributed by atoms with E-state index in [1.807, 2.05) is 23.1 Å². The van der Waals surface area contributed by atoms with Crippen molar-refractivity contribution >= 4 is 40.6 Å². The second-order valence-electron chi connectivity index (χ2n) is 9.76. The minimum atomic E-state index is -0.299. The molecule has 0 radical (unpaired) electrons. The van der Waals surface area contributed by atoms with Gasteiger partial charge in [0, 0.05) is 56.7 Å². The van der Waals surface area contributed by atoms with E-state index in [1.165, 1.54) is 5.69 Å². The molecule has 36 heavy (non-hydrogen) atoms. The molecule has 2 aliphatic heterocycles. The summed E-state index contributed by atoms with van der Waals surface area (Å²) in [6.45, 7) is 5.47. The van der Waals surface area contributed by atoms with Crippen LogP contribution in [-0.4, -0.2) is 73.1 Å². The minimum absolute atomic E-state index is 0.0713. The molecule has 1 aromatic heterocycles. The summed E-state index contributed by atoms with van der Waals surface area (Å²) in [5.74, 6) is 1.17. The Balaban J connectivity index is 1.20. The van der Waals surface area contributed by atoms with Crippen LogP contribution in [0.5, 0.6) is 0 Å². The number of likely N-dealkylation sites (N-methyl/N-ethyl adjacent to an activating group) is 1. The molecule has 188 valence electrons. The average molecular weight is 507 g/mol. The fourth-order valence-electron chi connectivity index (χ4n) is 4.59. The molecule has 5 rings (SSSR count). The number of amides is 1. The Morgan fingerprint density at radius 3 is 2.56 bits per heavy atom. The van der Waals surface area contributed by atoms with Gasteiger partial charge in [0.2, 0.25) is 5.95 Å². The Morgan fingerprint density at radius 1 is 1.11 bits per heavy atom. The van der Waals surface area contributed by atoms with Crippen molar-refractivity contribution < 1.29 is 4.79 Å². The smallest absolute Gasteiger partial charge is 0.261 e. The van der Waals surface area contributed by atoms with Gasteiger partial charge in [-0.05, 0) is 56.5 Å². The topological polar surface area (TPSA) is 100 Å². The maximum absolute atomic E-state index is 12.5. The second-order valence-corrected chi connectivity index (χ2v) is 10.2. The van der Waals surface area contributed by atoms with Crippen LogP contribution >= 0.6 is 11.6 Å². The maximum Gasteiger partial charge on any atom is 0.261 e. The first-order valence-corrected chi connectivity index (χ1v) is 12.9. The number of benzene rings is 1. The molecule has 0 unspecified atom stereocenters. The molecule has 1 saturated carbocycles. The van der Waals surface area contributed by atoms with Crippen LogP contribution in [-0.2, 0) is 4.79 Å². The number of aromatic nitrogens is 2. The van der Waals surface area contributed by atoms with E-state index < -0.39 is 0 Å². The van der Waals surface area contributed by atoms with E-state index in [0.29, 0.717) is 35.8 Å². The highest BCUT2D eigenvalue weighted by atomic mass is 35.5. The van der Waals surface area contributed by atoms with Crippen molar-refractivity contribution in [2.75, 3.05) is 61.4 Å². The third-order valence-electron chi connectivity index (χ3n) is 6.93. The lowest BCUT2D eigenvalue weighted by atomic mass is 10.2. The van der Waals surface area contributed by atoms with Crippen LogP contribution < -0.4 is 20.4 Å². The van der Waals surface area contributed by atoms with Crippen LogP contribution in [0.25, 0.3) is 0 Å². The number of allylic oxidation sites excluding steroid dienone is 1. The highest BCUT2D eigenvalue weighted by Crippen LogP contribution is 2.32. The first-order chi connectivity index (χ1) is 17.5. The molecule has 1 aromatic carbocycles. The number of halogens is 1. The Kier molecular flexibility index (Phi) is 7.25. The molecule has 1 amide bonds. The third kappa shape index (κ3) is 5.89. The first kappa shape index (κ1) is 24.3. The molecule has 3 aliphatic rings. The highest BCUT2D eigenvalue weighted by Gasteiger charge is 2.28. The summed E-state index contributed by atoms with van der Waals surface area (Å²) >= 11 is 6.44. The lowest BCUT2D eigenvalue weighted by Gasteiger charge is -2.34. The lowest BCUT2D eigenvalue weighted by molar-refractivity contribution is -0.117. The minimum Gasteiger partial charge on any atom is -0.369 e. The SMILES string of the molecule is CN1CCN(c2ccc(Nc3ncc(Cl)c(N4CC[C@@H](NC(=O)/C(C#N)=C/C5CC5)C4)n3)cc2)CC1. The van der Waals surface area contributed by atoms with Crippen LogP contribution in [0.3, 0.4) is 0 Å². The van der Waals surface area contributed by atoms with Crippen molar-refractivity contribution in [3.8, 4) is 6.07 Å². The quantitative estimate of drug-likeness (QED) is 0.436. The standard InChI is InChI=1S/C26H31ClN8O/c1-33-10-12-34(13-11-33)22-6-4-20(5-7-22)31-26-29-16-23(27)24(32-26)35-9-8-21(17-35)30-25(36)19(15-28)14-18-2-3-18/h4-7,14,16,18,21H,2-3,8-13,17H2,1H3,(H,30,36)(H,29,31,32)/b19-14+/t21-/m1/s1. The second kappa shape index (κ2) is 10.7. The summed E-state index contributed by atoms with van der Waals surface area (Å²) in [4.78, 5) is 28.3. The molecule has 9 nitrogen and oxygen atoms in total. The molecule has 0 bridgehead atoms. The Labute approximate surface area is 216 Å². The first-order valence-electron chi connectivity index (χ1n) is 12.5. The number of piperazine rings is 1. The van der Waals surface area contributed by atoms with Gasteiger partial charge in [-0.15, -0.1) is 0 Å². The summed E-state index contributed by atoms with van der Waals surface area (Å²) in [6, 6.07) is 10.3. The number of anilines is 4. The highest BCUT2D eigenvalue weighted by molar-refractivity contribution is 6.32. The number of nitriles is 1. The Hall–Kier alpha value is -3.35. The zero-order valence-electron chi connectivity index (χ0n) is 20.5. The van der Waals surface area contributed by atoms with E-state index in [-0.39, 0.29) is 17.5 Å². The van der Waals surface area contributed by atoms with Gasteiger partial charge in [0.15, 0.2) is 5.82 Å². The number of rotatable bonds is 7. The van der Waals surface area contributed by atoms with Gasteiger partial charge in [0.05, 0.1) is 6.20 Å². The fraction of sp³-hybridized carbons (Fsp3) is 0.462.